The third kappa shape index (κ3) is 1.89. The van der Waals surface area contributed by atoms with Crippen molar-refractivity contribution in [2.24, 2.45) is 0 Å². The molecule has 0 amide bonds. The number of furan rings is 1. The Bertz CT molecular complexity index is 860. The molecule has 3 nitrogen and oxygen atoms in total. The lowest BCUT2D eigenvalue weighted by Gasteiger charge is -1.95. The highest BCUT2D eigenvalue weighted by Crippen LogP contribution is 2.28. The number of nitrogens with zero attached hydrogens (tertiary/aromatic N) is 2. The second-order valence-electron chi connectivity index (χ2n) is 4.52. The highest BCUT2D eigenvalue weighted by atomic mass is 79.9. The van der Waals surface area contributed by atoms with Crippen molar-refractivity contribution in [3.63, 3.8) is 0 Å². The molecule has 2 heterocycles. The molecule has 2 aromatic carbocycles. The molecule has 0 N–H and O–H groups in total. The van der Waals surface area contributed by atoms with Gasteiger partial charge in [-0.05, 0) is 24.3 Å². The summed E-state index contributed by atoms with van der Waals surface area (Å²) >= 11 is 3.43. The van der Waals surface area contributed by atoms with Gasteiger partial charge in [0.15, 0.2) is 0 Å². The van der Waals surface area contributed by atoms with Crippen LogP contribution in [0.3, 0.4) is 0 Å². The van der Waals surface area contributed by atoms with E-state index in [4.69, 9.17) is 4.42 Å². The van der Waals surface area contributed by atoms with Crippen LogP contribution in [0.5, 0.6) is 0 Å². The van der Waals surface area contributed by atoms with Gasteiger partial charge >= 0.3 is 0 Å². The number of para-hydroxylation sites is 2. The zero-order chi connectivity index (χ0) is 13.5. The van der Waals surface area contributed by atoms with E-state index in [0.717, 1.165) is 32.3 Å². The van der Waals surface area contributed by atoms with E-state index >= 15 is 0 Å². The summed E-state index contributed by atoms with van der Waals surface area (Å²) in [4.78, 5) is 9.08. The molecule has 0 fully saturated rings. The summed E-state index contributed by atoms with van der Waals surface area (Å²) < 4.78 is 6.85. The molecule has 0 saturated heterocycles. The summed E-state index contributed by atoms with van der Waals surface area (Å²) in [6, 6.07) is 17.7. The van der Waals surface area contributed by atoms with E-state index in [9.17, 15) is 0 Å². The van der Waals surface area contributed by atoms with Gasteiger partial charge in [-0.1, -0.05) is 40.2 Å². The van der Waals surface area contributed by atoms with Crippen molar-refractivity contribution in [1.29, 1.82) is 0 Å². The number of aromatic nitrogens is 2. The zero-order valence-electron chi connectivity index (χ0n) is 10.4. The van der Waals surface area contributed by atoms with E-state index in [1.54, 1.807) is 0 Å². The average molecular weight is 325 g/mol. The Morgan fingerprint density at radius 2 is 1.50 bits per heavy atom. The molecule has 0 aliphatic rings. The predicted molar refractivity (Wildman–Crippen MR) is 82.4 cm³/mol. The van der Waals surface area contributed by atoms with Crippen LogP contribution in [-0.4, -0.2) is 9.97 Å². The molecular weight excluding hydrogens is 316 g/mol. The number of hydrogen-bond donors (Lipinski definition) is 0. The molecule has 0 spiro atoms. The van der Waals surface area contributed by atoms with E-state index < -0.39 is 0 Å². The van der Waals surface area contributed by atoms with Gasteiger partial charge in [-0.25, -0.2) is 9.97 Å². The zero-order valence-corrected chi connectivity index (χ0v) is 12.0. The van der Waals surface area contributed by atoms with Gasteiger partial charge in [0.2, 0.25) is 5.71 Å². The number of rotatable bonds is 1. The Kier molecular flexibility index (Phi) is 2.57. The Hall–Kier alpha value is -2.20. The Morgan fingerprint density at radius 3 is 2.25 bits per heavy atom. The molecule has 0 saturated carbocycles. The molecule has 0 aliphatic heterocycles. The highest BCUT2D eigenvalue weighted by molar-refractivity contribution is 9.10. The molecule has 96 valence electrons. The van der Waals surface area contributed by atoms with Crippen molar-refractivity contribution in [2.45, 2.75) is 0 Å². The molecule has 0 atom stereocenters. The lowest BCUT2D eigenvalue weighted by Crippen LogP contribution is -1.82. The Labute approximate surface area is 123 Å². The molecule has 4 rings (SSSR count). The van der Waals surface area contributed by atoms with Gasteiger partial charge in [-0.2, -0.15) is 0 Å². The standard InChI is InChI=1S/C16H9BrN2O/c17-11-7-5-10(6-8-11)15-9-14-16(20-15)19-13-4-2-1-3-12(13)18-14/h1-9H. The topological polar surface area (TPSA) is 38.9 Å². The molecule has 0 unspecified atom stereocenters. The van der Waals surface area contributed by atoms with Gasteiger partial charge in [0, 0.05) is 16.1 Å². The normalized spacial score (nSPS) is 11.2. The third-order valence-electron chi connectivity index (χ3n) is 3.17. The summed E-state index contributed by atoms with van der Waals surface area (Å²) in [6.07, 6.45) is 0. The van der Waals surface area contributed by atoms with Gasteiger partial charge in [0.1, 0.15) is 11.3 Å². The number of halogens is 1. The van der Waals surface area contributed by atoms with Crippen molar-refractivity contribution in [3.05, 3.63) is 59.1 Å². The van der Waals surface area contributed by atoms with Crippen LogP contribution in [0.25, 0.3) is 33.6 Å². The molecule has 0 bridgehead atoms. The van der Waals surface area contributed by atoms with Crippen LogP contribution in [0.15, 0.2) is 63.5 Å². The minimum absolute atomic E-state index is 0.571. The van der Waals surface area contributed by atoms with Gasteiger partial charge in [-0.3, -0.25) is 0 Å². The van der Waals surface area contributed by atoms with Gasteiger partial charge in [-0.15, -0.1) is 0 Å². The lowest BCUT2D eigenvalue weighted by atomic mass is 10.2. The highest BCUT2D eigenvalue weighted by Gasteiger charge is 2.09. The summed E-state index contributed by atoms with van der Waals surface area (Å²) in [6.45, 7) is 0. The second-order valence-corrected chi connectivity index (χ2v) is 5.44. The summed E-state index contributed by atoms with van der Waals surface area (Å²) in [5.74, 6) is 0.780. The minimum Gasteiger partial charge on any atom is -0.436 e. The maximum absolute atomic E-state index is 5.81. The largest absolute Gasteiger partial charge is 0.436 e. The Balaban J connectivity index is 1.93. The minimum atomic E-state index is 0.571. The lowest BCUT2D eigenvalue weighted by molar-refractivity contribution is 0.619. The van der Waals surface area contributed by atoms with E-state index in [-0.39, 0.29) is 0 Å². The van der Waals surface area contributed by atoms with E-state index in [1.165, 1.54) is 0 Å². The van der Waals surface area contributed by atoms with Gasteiger partial charge in [0.05, 0.1) is 11.0 Å². The average Bonchev–Trinajstić information content (AvgIpc) is 2.88. The van der Waals surface area contributed by atoms with E-state index in [0.29, 0.717) is 5.71 Å². The van der Waals surface area contributed by atoms with E-state index in [1.807, 2.05) is 54.6 Å². The van der Waals surface area contributed by atoms with Crippen molar-refractivity contribution < 1.29 is 4.42 Å². The fourth-order valence-corrected chi connectivity index (χ4v) is 2.45. The molecular formula is C16H9BrN2O. The molecule has 4 heteroatoms. The van der Waals surface area contributed by atoms with Crippen LogP contribution in [-0.2, 0) is 0 Å². The number of hydrogen-bond acceptors (Lipinski definition) is 3. The Morgan fingerprint density at radius 1 is 0.800 bits per heavy atom. The molecule has 0 aliphatic carbocycles. The van der Waals surface area contributed by atoms with Gasteiger partial charge < -0.3 is 4.42 Å². The number of fused-ring (bicyclic) bond motifs is 2. The van der Waals surface area contributed by atoms with Crippen LogP contribution in [0.2, 0.25) is 0 Å². The molecule has 4 aromatic rings. The second kappa shape index (κ2) is 4.42. The third-order valence-corrected chi connectivity index (χ3v) is 3.70. The van der Waals surface area contributed by atoms with Crippen molar-refractivity contribution in [2.75, 3.05) is 0 Å². The SMILES string of the molecule is Brc1ccc(-c2cc3nc4ccccc4nc3o2)cc1. The number of benzene rings is 2. The maximum atomic E-state index is 5.81. The van der Waals surface area contributed by atoms with Crippen LogP contribution >= 0.6 is 15.9 Å². The van der Waals surface area contributed by atoms with Crippen molar-refractivity contribution in [3.8, 4) is 11.3 Å². The fraction of sp³-hybridized carbons (Fsp3) is 0. The summed E-state index contributed by atoms with van der Waals surface area (Å²) in [5.41, 5.74) is 4.08. The molecule has 0 radical (unpaired) electrons. The monoisotopic (exact) mass is 324 g/mol. The first-order valence-electron chi connectivity index (χ1n) is 6.22. The summed E-state index contributed by atoms with van der Waals surface area (Å²) in [7, 11) is 0. The first-order valence-corrected chi connectivity index (χ1v) is 7.01. The maximum Gasteiger partial charge on any atom is 0.246 e. The molecule has 2 aromatic heterocycles. The predicted octanol–water partition coefficient (Wildman–Crippen LogP) is 4.81. The van der Waals surface area contributed by atoms with E-state index in [2.05, 4.69) is 25.9 Å². The molecule has 20 heavy (non-hydrogen) atoms. The smallest absolute Gasteiger partial charge is 0.246 e. The quantitative estimate of drug-likeness (QED) is 0.504. The summed E-state index contributed by atoms with van der Waals surface area (Å²) in [5, 5.41) is 0. The van der Waals surface area contributed by atoms with Crippen LogP contribution in [0.4, 0.5) is 0 Å². The van der Waals surface area contributed by atoms with Crippen LogP contribution in [0.1, 0.15) is 0 Å². The van der Waals surface area contributed by atoms with Gasteiger partial charge in [0.25, 0.3) is 0 Å². The van der Waals surface area contributed by atoms with Crippen molar-refractivity contribution >= 4 is 38.2 Å². The van der Waals surface area contributed by atoms with Crippen molar-refractivity contribution in [1.82, 2.24) is 9.97 Å². The van der Waals surface area contributed by atoms with Crippen LogP contribution in [0, 0.1) is 0 Å². The first-order chi connectivity index (χ1) is 9.79. The fourth-order valence-electron chi connectivity index (χ4n) is 2.18. The first kappa shape index (κ1) is 11.6. The van der Waals surface area contributed by atoms with Crippen LogP contribution < -0.4 is 0 Å².